The van der Waals surface area contributed by atoms with Crippen molar-refractivity contribution in [3.05, 3.63) is 35.5 Å². The minimum Gasteiger partial charge on any atom is -0.435 e. The van der Waals surface area contributed by atoms with Crippen molar-refractivity contribution in [2.24, 2.45) is 11.8 Å². The fraction of sp³-hybridized carbons (Fsp3) is 0.577. The van der Waals surface area contributed by atoms with Crippen LogP contribution in [0.25, 0.3) is 11.3 Å². The molecule has 0 saturated carbocycles. The van der Waals surface area contributed by atoms with E-state index in [1.54, 1.807) is 12.1 Å². The minimum atomic E-state index is -2.96. The predicted molar refractivity (Wildman–Crippen MR) is 138 cm³/mol. The summed E-state index contributed by atoms with van der Waals surface area (Å²) in [5, 5.41) is 7.71. The number of carbonyl (C=O) groups is 2. The van der Waals surface area contributed by atoms with Crippen LogP contribution in [0.5, 0.6) is 5.75 Å². The van der Waals surface area contributed by atoms with Crippen LogP contribution in [0.2, 0.25) is 0 Å². The average Bonchev–Trinajstić information content (AvgIpc) is 3.39. The highest BCUT2D eigenvalue weighted by Crippen LogP contribution is 2.50. The van der Waals surface area contributed by atoms with Crippen molar-refractivity contribution in [3.63, 3.8) is 0 Å². The minimum absolute atomic E-state index is 0.000370. The summed E-state index contributed by atoms with van der Waals surface area (Å²) in [5.74, 6) is -0.621. The quantitative estimate of drug-likeness (QED) is 0.486. The van der Waals surface area contributed by atoms with Crippen LogP contribution >= 0.6 is 10.6 Å². The average molecular weight is 554 g/mol. The molecule has 3 heterocycles. The lowest BCUT2D eigenvalue weighted by atomic mass is 9.84. The monoisotopic (exact) mass is 553 g/mol. The smallest absolute Gasteiger partial charge is 0.387 e. The number of benzene rings is 1. The van der Waals surface area contributed by atoms with E-state index in [-0.39, 0.29) is 35.0 Å². The number of rotatable bonds is 6. The Bertz CT molecular complexity index is 1220. The van der Waals surface area contributed by atoms with Gasteiger partial charge in [0.15, 0.2) is 0 Å². The third-order valence-electron chi connectivity index (χ3n) is 7.71. The summed E-state index contributed by atoms with van der Waals surface area (Å²) in [6.07, 6.45) is 2.94. The van der Waals surface area contributed by atoms with Gasteiger partial charge in [-0.25, -0.2) is 4.68 Å². The van der Waals surface area contributed by atoms with Crippen LogP contribution in [-0.4, -0.2) is 67.6 Å². The topological polar surface area (TPSA) is 123 Å². The SMILES string of the molecule is CC1(NC(=O)C2CCc3c(-c4cccc(OC(F)F)c4)nn(C(=O)C4CCOCC4)c3C2)CCS(O)(O)C1. The number of carbonyl (C=O) groups excluding carboxylic acids is 2. The Labute approximate surface area is 221 Å². The Balaban J connectivity index is 1.45. The van der Waals surface area contributed by atoms with Gasteiger partial charge in [-0.15, -0.1) is 0 Å². The van der Waals surface area contributed by atoms with E-state index < -0.39 is 28.7 Å². The molecular weight excluding hydrogens is 520 g/mol. The molecule has 0 radical (unpaired) electrons. The van der Waals surface area contributed by atoms with Crippen LogP contribution in [0.3, 0.4) is 0 Å². The van der Waals surface area contributed by atoms with Crippen molar-refractivity contribution in [2.45, 2.75) is 57.6 Å². The molecule has 2 atom stereocenters. The number of halogens is 2. The third-order valence-corrected chi connectivity index (χ3v) is 9.67. The van der Waals surface area contributed by atoms with Crippen LogP contribution in [0.1, 0.15) is 48.7 Å². The molecule has 2 aliphatic heterocycles. The maximum absolute atomic E-state index is 13.6. The molecule has 38 heavy (non-hydrogen) atoms. The van der Waals surface area contributed by atoms with Crippen molar-refractivity contribution in [3.8, 4) is 17.0 Å². The molecule has 208 valence electrons. The number of aromatic nitrogens is 2. The van der Waals surface area contributed by atoms with Gasteiger partial charge in [0, 0.05) is 48.4 Å². The molecule has 3 aliphatic rings. The van der Waals surface area contributed by atoms with E-state index in [2.05, 4.69) is 15.2 Å². The van der Waals surface area contributed by atoms with Gasteiger partial charge in [-0.2, -0.15) is 24.5 Å². The first-order chi connectivity index (χ1) is 18.0. The van der Waals surface area contributed by atoms with E-state index in [4.69, 9.17) is 4.74 Å². The molecule has 1 aromatic carbocycles. The number of hydrogen-bond donors (Lipinski definition) is 3. The standard InChI is InChI=1S/C26H33F2N3O6S/c1-26(9-12-38(34,35)15-26)29-23(32)18-5-6-20-21(14-18)31(24(33)16-7-10-36-11-8-16)30-22(20)17-3-2-4-19(13-17)37-25(27)28/h2-4,13,16,18,25,34-35H,5-12,14-15H2,1H3,(H,29,32). The Kier molecular flexibility index (Phi) is 7.51. The normalized spacial score (nSPS) is 26.1. The van der Waals surface area contributed by atoms with Crippen molar-refractivity contribution >= 4 is 22.4 Å². The van der Waals surface area contributed by atoms with E-state index in [1.807, 2.05) is 6.92 Å². The first-order valence-corrected chi connectivity index (χ1v) is 14.8. The second-order valence-corrected chi connectivity index (χ2v) is 13.0. The van der Waals surface area contributed by atoms with Gasteiger partial charge in [0.1, 0.15) is 5.75 Å². The summed E-state index contributed by atoms with van der Waals surface area (Å²) >= 11 is 0. The molecule has 3 N–H and O–H groups in total. The second kappa shape index (κ2) is 10.6. The van der Waals surface area contributed by atoms with Gasteiger partial charge in [-0.1, -0.05) is 12.1 Å². The predicted octanol–water partition coefficient (Wildman–Crippen LogP) is 4.35. The number of ether oxygens (including phenoxy) is 2. The molecule has 1 aromatic heterocycles. The second-order valence-electron chi connectivity index (χ2n) is 10.7. The Morgan fingerprint density at radius 1 is 1.24 bits per heavy atom. The largest absolute Gasteiger partial charge is 0.435 e. The molecule has 2 fully saturated rings. The summed E-state index contributed by atoms with van der Waals surface area (Å²) in [4.78, 5) is 26.9. The molecule has 5 rings (SSSR count). The highest BCUT2D eigenvalue weighted by molar-refractivity contribution is 8.24. The fourth-order valence-electron chi connectivity index (χ4n) is 5.73. The lowest BCUT2D eigenvalue weighted by Gasteiger charge is -2.32. The summed E-state index contributed by atoms with van der Waals surface area (Å²) < 4.78 is 57.1. The van der Waals surface area contributed by atoms with Gasteiger partial charge in [0.25, 0.3) is 0 Å². The lowest BCUT2D eigenvalue weighted by Crippen LogP contribution is -2.49. The number of fused-ring (bicyclic) bond motifs is 1. The maximum atomic E-state index is 13.6. The van der Waals surface area contributed by atoms with Crippen molar-refractivity contribution in [2.75, 3.05) is 24.7 Å². The summed E-state index contributed by atoms with van der Waals surface area (Å²) in [5.41, 5.74) is 1.87. The number of alkyl halides is 2. The molecule has 2 unspecified atom stereocenters. The Morgan fingerprint density at radius 2 is 2.00 bits per heavy atom. The Morgan fingerprint density at radius 3 is 2.68 bits per heavy atom. The number of hydrogen-bond acceptors (Lipinski definition) is 7. The van der Waals surface area contributed by atoms with Gasteiger partial charge in [-0.05, 0) is 51.2 Å². The van der Waals surface area contributed by atoms with E-state index in [1.165, 1.54) is 16.8 Å². The molecule has 1 amide bonds. The highest BCUT2D eigenvalue weighted by Gasteiger charge is 2.42. The van der Waals surface area contributed by atoms with Gasteiger partial charge in [0.2, 0.25) is 11.8 Å². The first-order valence-electron chi connectivity index (χ1n) is 12.9. The van der Waals surface area contributed by atoms with E-state index in [0.29, 0.717) is 68.7 Å². The maximum Gasteiger partial charge on any atom is 0.387 e. The van der Waals surface area contributed by atoms with Gasteiger partial charge >= 0.3 is 6.61 Å². The number of nitrogens with one attached hydrogen (secondary N) is 1. The van der Waals surface area contributed by atoms with E-state index in [9.17, 15) is 27.5 Å². The molecular formula is C26H33F2N3O6S. The molecule has 2 aromatic rings. The van der Waals surface area contributed by atoms with Gasteiger partial charge in [-0.3, -0.25) is 18.7 Å². The molecule has 0 bridgehead atoms. The van der Waals surface area contributed by atoms with Gasteiger partial charge in [0.05, 0.1) is 22.7 Å². The third kappa shape index (κ3) is 5.73. The van der Waals surface area contributed by atoms with Crippen LogP contribution in [0.4, 0.5) is 8.78 Å². The van der Waals surface area contributed by atoms with Crippen molar-refractivity contribution in [1.29, 1.82) is 0 Å². The van der Waals surface area contributed by atoms with Crippen LogP contribution < -0.4 is 10.1 Å². The number of nitrogens with zero attached hydrogens (tertiary/aromatic N) is 2. The zero-order valence-corrected chi connectivity index (χ0v) is 22.0. The van der Waals surface area contributed by atoms with Crippen LogP contribution in [0, 0.1) is 11.8 Å². The van der Waals surface area contributed by atoms with Gasteiger partial charge < -0.3 is 14.8 Å². The van der Waals surface area contributed by atoms with E-state index in [0.717, 1.165) is 5.56 Å². The molecule has 1 aliphatic carbocycles. The molecule has 2 saturated heterocycles. The summed E-state index contributed by atoms with van der Waals surface area (Å²) in [6, 6.07) is 6.26. The van der Waals surface area contributed by atoms with Crippen molar-refractivity contribution < 1.29 is 36.9 Å². The molecule has 12 heteroatoms. The van der Waals surface area contributed by atoms with Crippen molar-refractivity contribution in [1.82, 2.24) is 15.1 Å². The zero-order chi connectivity index (χ0) is 27.1. The summed E-state index contributed by atoms with van der Waals surface area (Å²) in [7, 11) is -2.69. The Hall–Kier alpha value is -2.54. The van der Waals surface area contributed by atoms with E-state index >= 15 is 0 Å². The molecule has 9 nitrogen and oxygen atoms in total. The number of amides is 1. The molecule has 0 spiro atoms. The lowest BCUT2D eigenvalue weighted by molar-refractivity contribution is -0.126. The van der Waals surface area contributed by atoms with Crippen LogP contribution in [-0.2, 0) is 22.4 Å². The zero-order valence-electron chi connectivity index (χ0n) is 21.2. The highest BCUT2D eigenvalue weighted by atomic mass is 32.3. The fourth-order valence-corrected chi connectivity index (χ4v) is 7.89. The first kappa shape index (κ1) is 27.0. The van der Waals surface area contributed by atoms with Crippen LogP contribution in [0.15, 0.2) is 24.3 Å². The summed E-state index contributed by atoms with van der Waals surface area (Å²) in [6.45, 7) is -0.159.